The van der Waals surface area contributed by atoms with Crippen molar-refractivity contribution in [2.45, 2.75) is 32.2 Å². The summed E-state index contributed by atoms with van der Waals surface area (Å²) in [6, 6.07) is 26.4. The molecule has 0 bridgehead atoms. The number of aryl methyl sites for hydroxylation is 1. The summed E-state index contributed by atoms with van der Waals surface area (Å²) < 4.78 is 0. The molecule has 1 aliphatic carbocycles. The predicted octanol–water partition coefficient (Wildman–Crippen LogP) is 5.49. The summed E-state index contributed by atoms with van der Waals surface area (Å²) in [4.78, 5) is 16.4. The molecule has 1 aliphatic rings. The third-order valence-corrected chi connectivity index (χ3v) is 5.49. The molecule has 0 heterocycles. The molecular formula is C27H28N2O3. The van der Waals surface area contributed by atoms with Crippen molar-refractivity contribution in [3.63, 3.8) is 0 Å². The number of carboxylic acid groups (broad SMARTS) is 1. The summed E-state index contributed by atoms with van der Waals surface area (Å²) in [5, 5.41) is 16.8. The molecule has 5 nitrogen and oxygen atoms in total. The molecule has 32 heavy (non-hydrogen) atoms. The topological polar surface area (TPSA) is 70.9 Å². The second-order valence-corrected chi connectivity index (χ2v) is 8.19. The lowest BCUT2D eigenvalue weighted by molar-refractivity contribution is -0.136. The number of hydrogen-bond acceptors (Lipinski definition) is 4. The molecule has 3 aromatic carbocycles. The van der Waals surface area contributed by atoms with Crippen LogP contribution in [0, 0.1) is 5.92 Å². The third kappa shape index (κ3) is 6.45. The number of nitrogens with one attached hydrogen (secondary N) is 1. The zero-order valence-corrected chi connectivity index (χ0v) is 18.0. The van der Waals surface area contributed by atoms with E-state index in [9.17, 15) is 4.79 Å². The number of aliphatic carboxylic acids is 1. The van der Waals surface area contributed by atoms with Crippen LogP contribution in [0.25, 0.3) is 0 Å². The van der Waals surface area contributed by atoms with Gasteiger partial charge in [0.05, 0.1) is 0 Å². The molecule has 0 saturated heterocycles. The Morgan fingerprint density at radius 1 is 0.938 bits per heavy atom. The maximum Gasteiger partial charge on any atom is 0.303 e. The minimum Gasteiger partial charge on any atom is -0.481 e. The van der Waals surface area contributed by atoms with E-state index < -0.39 is 5.97 Å². The highest BCUT2D eigenvalue weighted by atomic mass is 16.6. The van der Waals surface area contributed by atoms with E-state index in [1.807, 2.05) is 48.5 Å². The quantitative estimate of drug-likeness (QED) is 0.313. The Kier molecular flexibility index (Phi) is 7.18. The standard InChI is InChI=1S/C27H28N2O3/c30-26(31)16-13-20-11-14-25(15-12-20)28-18-22-5-4-8-24(17-22)27(23-6-2-1-3-7-23)29-32-19-21-9-10-21/h1-8,11-12,14-15,17,21,28H,9-10,13,16,18-19H2,(H,30,31)/b29-27-. The Labute approximate surface area is 188 Å². The number of carbonyl (C=O) groups is 1. The number of nitrogens with zero attached hydrogens (tertiary/aromatic N) is 1. The molecule has 0 radical (unpaired) electrons. The lowest BCUT2D eigenvalue weighted by Gasteiger charge is -2.11. The van der Waals surface area contributed by atoms with E-state index in [0.717, 1.165) is 33.7 Å². The maximum atomic E-state index is 10.7. The van der Waals surface area contributed by atoms with E-state index >= 15 is 0 Å². The van der Waals surface area contributed by atoms with Gasteiger partial charge in [0.2, 0.25) is 0 Å². The van der Waals surface area contributed by atoms with Crippen LogP contribution in [0.3, 0.4) is 0 Å². The van der Waals surface area contributed by atoms with Gasteiger partial charge in [-0.15, -0.1) is 0 Å². The van der Waals surface area contributed by atoms with Gasteiger partial charge in [-0.05, 0) is 54.5 Å². The Hall–Kier alpha value is -3.60. The number of hydrogen-bond donors (Lipinski definition) is 2. The number of benzene rings is 3. The Bertz CT molecular complexity index is 1060. The molecule has 1 saturated carbocycles. The molecule has 164 valence electrons. The second kappa shape index (κ2) is 10.6. The van der Waals surface area contributed by atoms with Gasteiger partial charge in [-0.2, -0.15) is 0 Å². The van der Waals surface area contributed by atoms with E-state index in [0.29, 0.717) is 25.5 Å². The Balaban J connectivity index is 1.43. The third-order valence-electron chi connectivity index (χ3n) is 5.49. The van der Waals surface area contributed by atoms with Gasteiger partial charge in [-0.3, -0.25) is 4.79 Å². The van der Waals surface area contributed by atoms with E-state index in [1.165, 1.54) is 12.8 Å². The number of anilines is 1. The van der Waals surface area contributed by atoms with E-state index in [4.69, 9.17) is 9.94 Å². The molecule has 4 rings (SSSR count). The Morgan fingerprint density at radius 2 is 1.69 bits per heavy atom. The van der Waals surface area contributed by atoms with Crippen LogP contribution in [-0.2, 0) is 22.6 Å². The van der Waals surface area contributed by atoms with Gasteiger partial charge in [0.1, 0.15) is 12.3 Å². The molecule has 3 aromatic rings. The molecule has 0 amide bonds. The molecule has 2 N–H and O–H groups in total. The zero-order chi connectivity index (χ0) is 22.2. The smallest absolute Gasteiger partial charge is 0.303 e. The van der Waals surface area contributed by atoms with Crippen LogP contribution < -0.4 is 5.32 Å². The second-order valence-electron chi connectivity index (χ2n) is 8.19. The van der Waals surface area contributed by atoms with Gasteiger partial charge in [-0.25, -0.2) is 0 Å². The van der Waals surface area contributed by atoms with Gasteiger partial charge in [-0.1, -0.05) is 65.8 Å². The van der Waals surface area contributed by atoms with Crippen LogP contribution in [0.1, 0.15) is 41.5 Å². The molecule has 0 spiro atoms. The predicted molar refractivity (Wildman–Crippen MR) is 127 cm³/mol. The highest BCUT2D eigenvalue weighted by Gasteiger charge is 2.22. The molecule has 0 aliphatic heterocycles. The van der Waals surface area contributed by atoms with Crippen molar-refractivity contribution < 1.29 is 14.7 Å². The summed E-state index contributed by atoms with van der Waals surface area (Å²) in [6.45, 7) is 1.35. The minimum atomic E-state index is -0.775. The van der Waals surface area contributed by atoms with Crippen LogP contribution in [-0.4, -0.2) is 23.4 Å². The molecule has 0 atom stereocenters. The highest BCUT2D eigenvalue weighted by molar-refractivity contribution is 6.12. The normalized spacial score (nSPS) is 13.6. The summed E-state index contributed by atoms with van der Waals surface area (Å²) in [5.41, 5.74) is 6.06. The summed E-state index contributed by atoms with van der Waals surface area (Å²) in [5.74, 6) is -0.120. The van der Waals surface area contributed by atoms with Crippen molar-refractivity contribution in [3.8, 4) is 0 Å². The molecule has 0 unspecified atom stereocenters. The first kappa shape index (κ1) is 21.6. The average molecular weight is 429 g/mol. The number of oxime groups is 1. The number of rotatable bonds is 11. The molecule has 1 fully saturated rings. The summed E-state index contributed by atoms with van der Waals surface area (Å²) in [6.07, 6.45) is 3.16. The van der Waals surface area contributed by atoms with Crippen LogP contribution in [0.2, 0.25) is 0 Å². The van der Waals surface area contributed by atoms with Crippen LogP contribution >= 0.6 is 0 Å². The highest BCUT2D eigenvalue weighted by Crippen LogP contribution is 2.29. The monoisotopic (exact) mass is 428 g/mol. The Morgan fingerprint density at radius 3 is 2.41 bits per heavy atom. The maximum absolute atomic E-state index is 10.7. The first-order valence-corrected chi connectivity index (χ1v) is 11.1. The lowest BCUT2D eigenvalue weighted by Crippen LogP contribution is -2.07. The van der Waals surface area contributed by atoms with Gasteiger partial charge in [0, 0.05) is 29.8 Å². The molecule has 5 heteroatoms. The first-order valence-electron chi connectivity index (χ1n) is 11.1. The van der Waals surface area contributed by atoms with Gasteiger partial charge < -0.3 is 15.3 Å². The fourth-order valence-electron chi connectivity index (χ4n) is 3.43. The number of carboxylic acids is 1. The van der Waals surface area contributed by atoms with Crippen molar-refractivity contribution in [2.75, 3.05) is 11.9 Å². The minimum absolute atomic E-state index is 0.148. The van der Waals surface area contributed by atoms with Crippen molar-refractivity contribution in [1.29, 1.82) is 0 Å². The molecule has 0 aromatic heterocycles. The molecular weight excluding hydrogens is 400 g/mol. The SMILES string of the molecule is O=C(O)CCc1ccc(NCc2cccc(/C(=N\OCC3CC3)c3ccccc3)c2)cc1. The summed E-state index contributed by atoms with van der Waals surface area (Å²) >= 11 is 0. The van der Waals surface area contributed by atoms with Crippen LogP contribution in [0.15, 0.2) is 84.0 Å². The van der Waals surface area contributed by atoms with Gasteiger partial charge >= 0.3 is 5.97 Å². The largest absolute Gasteiger partial charge is 0.481 e. The van der Waals surface area contributed by atoms with Crippen LogP contribution in [0.5, 0.6) is 0 Å². The fourth-order valence-corrected chi connectivity index (χ4v) is 3.43. The van der Waals surface area contributed by atoms with E-state index in [-0.39, 0.29) is 6.42 Å². The van der Waals surface area contributed by atoms with Crippen molar-refractivity contribution in [3.05, 3.63) is 101 Å². The zero-order valence-electron chi connectivity index (χ0n) is 18.0. The van der Waals surface area contributed by atoms with Crippen molar-refractivity contribution in [1.82, 2.24) is 0 Å². The van der Waals surface area contributed by atoms with Gasteiger partial charge in [0.15, 0.2) is 0 Å². The van der Waals surface area contributed by atoms with Gasteiger partial charge in [0.25, 0.3) is 0 Å². The van der Waals surface area contributed by atoms with Crippen molar-refractivity contribution in [2.24, 2.45) is 11.1 Å². The van der Waals surface area contributed by atoms with Crippen molar-refractivity contribution >= 4 is 17.4 Å². The first-order chi connectivity index (χ1) is 15.7. The fraction of sp³-hybridized carbons (Fsp3) is 0.259. The van der Waals surface area contributed by atoms with E-state index in [2.05, 4.69) is 40.8 Å². The summed E-state index contributed by atoms with van der Waals surface area (Å²) in [7, 11) is 0. The lowest BCUT2D eigenvalue weighted by atomic mass is 10.0. The van der Waals surface area contributed by atoms with Crippen LogP contribution in [0.4, 0.5) is 5.69 Å². The van der Waals surface area contributed by atoms with E-state index in [1.54, 1.807) is 0 Å². The average Bonchev–Trinajstić information content (AvgIpc) is 3.65.